The molecular formula is C17H15FN2OS. The summed E-state index contributed by atoms with van der Waals surface area (Å²) in [6.07, 6.45) is 0.218. The lowest BCUT2D eigenvalue weighted by atomic mass is 10.1. The number of fused-ring (bicyclic) bond motifs is 1. The highest BCUT2D eigenvalue weighted by Crippen LogP contribution is 2.32. The van der Waals surface area contributed by atoms with Crippen molar-refractivity contribution in [1.82, 2.24) is 4.98 Å². The van der Waals surface area contributed by atoms with E-state index >= 15 is 0 Å². The monoisotopic (exact) mass is 314 g/mol. The number of halogens is 1. The summed E-state index contributed by atoms with van der Waals surface area (Å²) < 4.78 is 12.9. The fourth-order valence-corrected chi connectivity index (χ4v) is 3.45. The molecule has 0 bridgehead atoms. The first-order valence-electron chi connectivity index (χ1n) is 6.92. The van der Waals surface area contributed by atoms with Gasteiger partial charge in [-0.2, -0.15) is 0 Å². The van der Waals surface area contributed by atoms with Gasteiger partial charge in [0.2, 0.25) is 5.91 Å². The van der Waals surface area contributed by atoms with Crippen molar-refractivity contribution >= 4 is 33.1 Å². The fourth-order valence-electron chi connectivity index (χ4n) is 2.46. The number of nitrogens with zero attached hydrogens (tertiary/aromatic N) is 1. The summed E-state index contributed by atoms with van der Waals surface area (Å²) in [5.41, 5.74) is 3.64. The first-order valence-corrected chi connectivity index (χ1v) is 7.80. The number of hydrogen-bond donors (Lipinski definition) is 1. The summed E-state index contributed by atoms with van der Waals surface area (Å²) >= 11 is 1.52. The predicted octanol–water partition coefficient (Wildman–Crippen LogP) is 4.23. The first-order chi connectivity index (χ1) is 10.5. The number of aryl methyl sites for hydroxylation is 2. The SMILES string of the molecule is Cc1cc(C)c2c(NC(=O)Cc3ccc(F)cc3)csc2n1. The number of carbonyl (C=O) groups excluding carboxylic acids is 1. The van der Waals surface area contributed by atoms with E-state index in [2.05, 4.69) is 10.3 Å². The van der Waals surface area contributed by atoms with Gasteiger partial charge in [-0.05, 0) is 43.2 Å². The molecule has 0 atom stereocenters. The molecule has 0 fully saturated rings. The molecule has 1 amide bonds. The minimum Gasteiger partial charge on any atom is -0.324 e. The Morgan fingerprint density at radius 2 is 2.00 bits per heavy atom. The van der Waals surface area contributed by atoms with Gasteiger partial charge in [0, 0.05) is 16.5 Å². The third kappa shape index (κ3) is 2.99. The molecule has 0 saturated carbocycles. The largest absolute Gasteiger partial charge is 0.324 e. The van der Waals surface area contributed by atoms with Crippen LogP contribution in [0.2, 0.25) is 0 Å². The predicted molar refractivity (Wildman–Crippen MR) is 87.8 cm³/mol. The Bertz CT molecular complexity index is 840. The number of carbonyl (C=O) groups is 1. The molecule has 3 rings (SSSR count). The average Bonchev–Trinajstić information content (AvgIpc) is 2.84. The molecule has 0 aliphatic heterocycles. The lowest BCUT2D eigenvalue weighted by Gasteiger charge is -2.06. The summed E-state index contributed by atoms with van der Waals surface area (Å²) in [5.74, 6) is -0.420. The third-order valence-electron chi connectivity index (χ3n) is 3.42. The van der Waals surface area contributed by atoms with Gasteiger partial charge in [-0.15, -0.1) is 11.3 Å². The van der Waals surface area contributed by atoms with E-state index in [1.807, 2.05) is 25.3 Å². The Hall–Kier alpha value is -2.27. The zero-order valence-electron chi connectivity index (χ0n) is 12.3. The van der Waals surface area contributed by atoms with Crippen molar-refractivity contribution in [3.05, 3.63) is 58.3 Å². The van der Waals surface area contributed by atoms with Crippen LogP contribution in [0.15, 0.2) is 35.7 Å². The maximum Gasteiger partial charge on any atom is 0.228 e. The van der Waals surface area contributed by atoms with Crippen LogP contribution in [-0.4, -0.2) is 10.9 Å². The number of aromatic nitrogens is 1. The molecule has 22 heavy (non-hydrogen) atoms. The van der Waals surface area contributed by atoms with Crippen LogP contribution in [0.1, 0.15) is 16.8 Å². The van der Waals surface area contributed by atoms with E-state index in [1.165, 1.54) is 23.5 Å². The van der Waals surface area contributed by atoms with E-state index in [0.29, 0.717) is 0 Å². The molecule has 0 unspecified atom stereocenters. The van der Waals surface area contributed by atoms with Gasteiger partial charge in [0.1, 0.15) is 10.6 Å². The van der Waals surface area contributed by atoms with Crippen molar-refractivity contribution in [2.24, 2.45) is 0 Å². The molecule has 0 aliphatic carbocycles. The molecule has 0 spiro atoms. The van der Waals surface area contributed by atoms with Crippen LogP contribution < -0.4 is 5.32 Å². The number of amides is 1. The van der Waals surface area contributed by atoms with Crippen LogP contribution >= 0.6 is 11.3 Å². The number of hydrogen-bond acceptors (Lipinski definition) is 3. The molecule has 5 heteroatoms. The number of anilines is 1. The second kappa shape index (κ2) is 5.85. The van der Waals surface area contributed by atoms with Gasteiger partial charge in [0.15, 0.2) is 0 Å². The lowest BCUT2D eigenvalue weighted by molar-refractivity contribution is -0.115. The molecule has 1 N–H and O–H groups in total. The van der Waals surface area contributed by atoms with Crippen molar-refractivity contribution in [3.8, 4) is 0 Å². The Balaban J connectivity index is 1.81. The van der Waals surface area contributed by atoms with Gasteiger partial charge < -0.3 is 5.32 Å². The van der Waals surface area contributed by atoms with Gasteiger partial charge >= 0.3 is 0 Å². The van der Waals surface area contributed by atoms with Crippen LogP contribution in [0.4, 0.5) is 10.1 Å². The molecule has 1 aromatic carbocycles. The average molecular weight is 314 g/mol. The number of nitrogens with one attached hydrogen (secondary N) is 1. The van der Waals surface area contributed by atoms with Gasteiger partial charge in [0.05, 0.1) is 12.1 Å². The quantitative estimate of drug-likeness (QED) is 0.786. The molecule has 0 radical (unpaired) electrons. The summed E-state index contributed by atoms with van der Waals surface area (Å²) in [7, 11) is 0. The Morgan fingerprint density at radius 1 is 1.27 bits per heavy atom. The third-order valence-corrected chi connectivity index (χ3v) is 4.29. The Kier molecular flexibility index (Phi) is 3.90. The van der Waals surface area contributed by atoms with Crippen LogP contribution in [-0.2, 0) is 11.2 Å². The van der Waals surface area contributed by atoms with E-state index in [-0.39, 0.29) is 18.1 Å². The van der Waals surface area contributed by atoms with Crippen molar-refractivity contribution in [3.63, 3.8) is 0 Å². The van der Waals surface area contributed by atoms with Crippen LogP contribution in [0.25, 0.3) is 10.2 Å². The summed E-state index contributed by atoms with van der Waals surface area (Å²) in [6, 6.07) is 7.97. The van der Waals surface area contributed by atoms with E-state index < -0.39 is 0 Å². The summed E-state index contributed by atoms with van der Waals surface area (Å²) in [5, 5.41) is 5.82. The molecule has 2 aromatic heterocycles. The molecule has 112 valence electrons. The van der Waals surface area contributed by atoms with E-state index in [0.717, 1.165) is 32.7 Å². The van der Waals surface area contributed by atoms with Crippen molar-refractivity contribution in [2.45, 2.75) is 20.3 Å². The molecular weight excluding hydrogens is 299 g/mol. The number of rotatable bonds is 3. The van der Waals surface area contributed by atoms with E-state index in [4.69, 9.17) is 0 Å². The van der Waals surface area contributed by atoms with Gasteiger partial charge in [-0.25, -0.2) is 9.37 Å². The van der Waals surface area contributed by atoms with Gasteiger partial charge in [-0.3, -0.25) is 4.79 Å². The number of benzene rings is 1. The Morgan fingerprint density at radius 3 is 2.73 bits per heavy atom. The first kappa shape index (κ1) is 14.7. The Labute approximate surface area is 131 Å². The molecule has 0 aliphatic rings. The summed E-state index contributed by atoms with van der Waals surface area (Å²) in [6.45, 7) is 3.97. The second-order valence-electron chi connectivity index (χ2n) is 5.26. The van der Waals surface area contributed by atoms with Crippen LogP contribution in [0.3, 0.4) is 0 Å². The topological polar surface area (TPSA) is 42.0 Å². The highest BCUT2D eigenvalue weighted by Gasteiger charge is 2.12. The van der Waals surface area contributed by atoms with Gasteiger partial charge in [0.25, 0.3) is 0 Å². The number of pyridine rings is 1. The molecule has 3 aromatic rings. The van der Waals surface area contributed by atoms with Crippen molar-refractivity contribution in [1.29, 1.82) is 0 Å². The normalized spacial score (nSPS) is 10.9. The second-order valence-corrected chi connectivity index (χ2v) is 6.12. The van der Waals surface area contributed by atoms with E-state index in [1.54, 1.807) is 12.1 Å². The van der Waals surface area contributed by atoms with Gasteiger partial charge in [-0.1, -0.05) is 12.1 Å². The number of thiophene rings is 1. The van der Waals surface area contributed by atoms with Crippen molar-refractivity contribution < 1.29 is 9.18 Å². The lowest BCUT2D eigenvalue weighted by Crippen LogP contribution is -2.14. The maximum absolute atomic E-state index is 12.9. The zero-order chi connectivity index (χ0) is 15.7. The summed E-state index contributed by atoms with van der Waals surface area (Å²) in [4.78, 5) is 17.6. The minimum absolute atomic E-state index is 0.119. The minimum atomic E-state index is -0.301. The highest BCUT2D eigenvalue weighted by molar-refractivity contribution is 7.17. The smallest absolute Gasteiger partial charge is 0.228 e. The van der Waals surface area contributed by atoms with Crippen molar-refractivity contribution in [2.75, 3.05) is 5.32 Å². The van der Waals surface area contributed by atoms with E-state index in [9.17, 15) is 9.18 Å². The molecule has 0 saturated heterocycles. The van der Waals surface area contributed by atoms with Crippen LogP contribution in [0, 0.1) is 19.7 Å². The standard InChI is InChI=1S/C17H15FN2OS/c1-10-7-11(2)19-17-16(10)14(9-22-17)20-15(21)8-12-3-5-13(18)6-4-12/h3-7,9H,8H2,1-2H3,(H,20,21). The molecule has 2 heterocycles. The van der Waals surface area contributed by atoms with Crippen LogP contribution in [0.5, 0.6) is 0 Å². The fraction of sp³-hybridized carbons (Fsp3) is 0.176. The maximum atomic E-state index is 12.9. The zero-order valence-corrected chi connectivity index (χ0v) is 13.1. The highest BCUT2D eigenvalue weighted by atomic mass is 32.1. The molecule has 3 nitrogen and oxygen atoms in total.